The first-order chi connectivity index (χ1) is 22.9. The van der Waals surface area contributed by atoms with Gasteiger partial charge in [0.1, 0.15) is 24.3 Å². The molecule has 1 N–H and O–H groups in total. The van der Waals surface area contributed by atoms with E-state index in [2.05, 4.69) is 60.2 Å². The zero-order chi connectivity index (χ0) is 32.3. The number of nitrogens with one attached hydrogen (secondary N) is 1. The maximum atomic E-state index is 15.1. The highest BCUT2D eigenvalue weighted by Gasteiger charge is 2.35. The Morgan fingerprint density at radius 3 is 2.66 bits per heavy atom. The van der Waals surface area contributed by atoms with Gasteiger partial charge in [-0.05, 0) is 49.4 Å². The molecule has 3 fully saturated rings. The van der Waals surface area contributed by atoms with Crippen LogP contribution in [0.3, 0.4) is 0 Å². The first-order valence-electron chi connectivity index (χ1n) is 15.9. The highest BCUT2D eigenvalue weighted by Crippen LogP contribution is 2.30. The Hall–Kier alpha value is -4.93. The average Bonchev–Trinajstić information content (AvgIpc) is 3.61. The maximum Gasteiger partial charge on any atom is 0.251 e. The zero-order valence-corrected chi connectivity index (χ0v) is 26.1. The lowest BCUT2D eigenvalue weighted by Gasteiger charge is -2.46. The number of rotatable bonds is 8. The number of ether oxygens (including phenoxy) is 2. The van der Waals surface area contributed by atoms with E-state index in [4.69, 9.17) is 9.47 Å². The molecule has 0 saturated carbocycles. The van der Waals surface area contributed by atoms with E-state index in [9.17, 15) is 10.1 Å². The number of halogens is 1. The van der Waals surface area contributed by atoms with Crippen molar-refractivity contribution >= 4 is 29.4 Å². The van der Waals surface area contributed by atoms with Crippen LogP contribution in [-0.4, -0.2) is 107 Å². The number of amides is 1. The molecule has 3 saturated heterocycles. The van der Waals surface area contributed by atoms with Gasteiger partial charge in [-0.1, -0.05) is 0 Å². The minimum Gasteiger partial charge on any atom is -0.486 e. The van der Waals surface area contributed by atoms with Crippen molar-refractivity contribution in [1.29, 1.82) is 5.26 Å². The van der Waals surface area contributed by atoms with Crippen molar-refractivity contribution in [3.8, 4) is 23.2 Å². The summed E-state index contributed by atoms with van der Waals surface area (Å²) in [5, 5.41) is 13.1. The van der Waals surface area contributed by atoms with Gasteiger partial charge < -0.3 is 24.6 Å². The summed E-state index contributed by atoms with van der Waals surface area (Å²) < 4.78 is 26.5. The molecule has 5 heterocycles. The molecule has 0 bridgehead atoms. The van der Waals surface area contributed by atoms with E-state index in [1.807, 2.05) is 12.1 Å². The standard InChI is InChI=1S/C34H36FN9O3/c1-22-17-42(28-19-46-20-28)12-13-44(22)27-5-3-26(4-6-27)40-34-39-21-38-32(41-34)23-2-7-30(25(14-23)15-36)47-31-9-11-43(18-29(31)35)33(45)24-8-10-37-16-24/h2-7,10,14,16,21-22,28-29,31H,8-9,11-13,17-20H2,1H3,(H,38,39,40,41)/t22-,29+,31-/m0/s1. The second-order valence-corrected chi connectivity index (χ2v) is 12.3. The highest BCUT2D eigenvalue weighted by atomic mass is 19.1. The van der Waals surface area contributed by atoms with Gasteiger partial charge in [-0.3, -0.25) is 14.7 Å². The largest absolute Gasteiger partial charge is 0.486 e. The van der Waals surface area contributed by atoms with Crippen LogP contribution >= 0.6 is 0 Å². The number of hydrogen-bond acceptors (Lipinski definition) is 11. The fourth-order valence-electron chi connectivity index (χ4n) is 6.41. The van der Waals surface area contributed by atoms with Crippen molar-refractivity contribution in [2.45, 2.75) is 44.1 Å². The highest BCUT2D eigenvalue weighted by molar-refractivity contribution is 5.98. The van der Waals surface area contributed by atoms with E-state index in [0.717, 1.165) is 38.5 Å². The van der Waals surface area contributed by atoms with Gasteiger partial charge in [0.15, 0.2) is 12.0 Å². The van der Waals surface area contributed by atoms with Crippen LogP contribution in [0.25, 0.3) is 11.4 Å². The smallest absolute Gasteiger partial charge is 0.251 e. The third-order valence-electron chi connectivity index (χ3n) is 9.15. The van der Waals surface area contributed by atoms with Crippen LogP contribution in [0.4, 0.5) is 21.7 Å². The summed E-state index contributed by atoms with van der Waals surface area (Å²) in [6.45, 7) is 7.25. The SMILES string of the molecule is C[C@H]1CN(C2COC2)CCN1c1ccc(Nc2ncnc(-c3ccc(O[C@H]4CCN(C(=O)C5=CN=CC5)C[C@H]4F)c(C#N)c3)n2)cc1. The van der Waals surface area contributed by atoms with E-state index in [-0.39, 0.29) is 23.8 Å². The molecule has 13 heteroatoms. The summed E-state index contributed by atoms with van der Waals surface area (Å²) in [6.07, 6.45) is 3.20. The molecule has 0 unspecified atom stereocenters. The molecular formula is C34H36FN9O3. The van der Waals surface area contributed by atoms with Crippen molar-refractivity contribution in [2.24, 2.45) is 4.99 Å². The molecule has 3 aromatic rings. The number of nitrogens with zero attached hydrogens (tertiary/aromatic N) is 8. The predicted octanol–water partition coefficient (Wildman–Crippen LogP) is 3.74. The summed E-state index contributed by atoms with van der Waals surface area (Å²) in [6, 6.07) is 16.3. The van der Waals surface area contributed by atoms with Crippen molar-refractivity contribution in [3.63, 3.8) is 0 Å². The van der Waals surface area contributed by atoms with Crippen LogP contribution in [0.1, 0.15) is 25.3 Å². The van der Waals surface area contributed by atoms with E-state index < -0.39 is 12.3 Å². The van der Waals surface area contributed by atoms with Gasteiger partial charge in [-0.2, -0.15) is 10.2 Å². The Morgan fingerprint density at radius 1 is 1.11 bits per heavy atom. The van der Waals surface area contributed by atoms with Crippen LogP contribution < -0.4 is 15.0 Å². The monoisotopic (exact) mass is 637 g/mol. The predicted molar refractivity (Wildman–Crippen MR) is 174 cm³/mol. The second-order valence-electron chi connectivity index (χ2n) is 12.3. The number of carbonyl (C=O) groups is 1. The third-order valence-corrected chi connectivity index (χ3v) is 9.15. The topological polar surface area (TPSA) is 132 Å². The van der Waals surface area contributed by atoms with E-state index in [1.54, 1.807) is 24.4 Å². The zero-order valence-electron chi connectivity index (χ0n) is 26.1. The molecule has 1 amide bonds. The molecule has 4 aliphatic heterocycles. The van der Waals surface area contributed by atoms with Gasteiger partial charge in [-0.15, -0.1) is 0 Å². The number of carbonyl (C=O) groups excluding carboxylic acids is 1. The van der Waals surface area contributed by atoms with Crippen molar-refractivity contribution < 1.29 is 18.7 Å². The molecule has 0 aliphatic carbocycles. The third kappa shape index (κ3) is 6.65. The van der Waals surface area contributed by atoms with Gasteiger partial charge in [0.25, 0.3) is 5.91 Å². The molecule has 4 aliphatic rings. The fourth-order valence-corrected chi connectivity index (χ4v) is 6.41. The minimum atomic E-state index is -1.39. The fraction of sp³-hybridized carbons (Fsp3) is 0.412. The maximum absolute atomic E-state index is 15.1. The molecule has 47 heavy (non-hydrogen) atoms. The number of piperidine rings is 1. The molecule has 242 valence electrons. The molecular weight excluding hydrogens is 601 g/mol. The second kappa shape index (κ2) is 13.4. The lowest BCUT2D eigenvalue weighted by atomic mass is 10.0. The summed E-state index contributed by atoms with van der Waals surface area (Å²) >= 11 is 0. The number of nitriles is 1. The normalized spacial score (nSPS) is 23.2. The van der Waals surface area contributed by atoms with Crippen molar-refractivity contribution in [1.82, 2.24) is 24.8 Å². The number of piperazine rings is 1. The number of likely N-dealkylation sites (tertiary alicyclic amines) is 1. The molecule has 2 aromatic carbocycles. The van der Waals surface area contributed by atoms with Crippen LogP contribution in [0.5, 0.6) is 5.75 Å². The Bertz CT molecular complexity index is 1720. The summed E-state index contributed by atoms with van der Waals surface area (Å²) in [4.78, 5) is 36.2. The minimum absolute atomic E-state index is 0.0726. The Kier molecular flexibility index (Phi) is 8.78. The molecule has 3 atom stereocenters. The number of alkyl halides is 1. The Balaban J connectivity index is 0.972. The van der Waals surface area contributed by atoms with Crippen LogP contribution in [0.2, 0.25) is 0 Å². The number of aromatic nitrogens is 3. The van der Waals surface area contributed by atoms with Gasteiger partial charge >= 0.3 is 0 Å². The molecule has 0 radical (unpaired) electrons. The summed E-state index contributed by atoms with van der Waals surface area (Å²) in [5.74, 6) is 0.822. The van der Waals surface area contributed by atoms with E-state index in [0.29, 0.717) is 54.4 Å². The van der Waals surface area contributed by atoms with E-state index in [1.165, 1.54) is 23.1 Å². The van der Waals surface area contributed by atoms with Crippen LogP contribution in [0.15, 0.2) is 65.6 Å². The first-order valence-corrected chi connectivity index (χ1v) is 15.9. The van der Waals surface area contributed by atoms with Crippen LogP contribution in [-0.2, 0) is 9.53 Å². The van der Waals surface area contributed by atoms with Gasteiger partial charge in [-0.25, -0.2) is 14.4 Å². The number of benzene rings is 2. The number of hydrogen-bond donors (Lipinski definition) is 1. The van der Waals surface area contributed by atoms with E-state index >= 15 is 4.39 Å². The van der Waals surface area contributed by atoms with Crippen molar-refractivity contribution in [2.75, 3.05) is 56.2 Å². The lowest BCUT2D eigenvalue weighted by molar-refractivity contribution is -0.131. The van der Waals surface area contributed by atoms with Gasteiger partial charge in [0.05, 0.1) is 31.4 Å². The molecule has 1 aromatic heterocycles. The average molecular weight is 638 g/mol. The Morgan fingerprint density at radius 2 is 1.96 bits per heavy atom. The quantitative estimate of drug-likeness (QED) is 0.390. The van der Waals surface area contributed by atoms with Crippen LogP contribution in [0, 0.1) is 11.3 Å². The summed E-state index contributed by atoms with van der Waals surface area (Å²) in [5.41, 5.74) is 3.41. The lowest BCUT2D eigenvalue weighted by Crippen LogP contribution is -2.59. The van der Waals surface area contributed by atoms with Gasteiger partial charge in [0.2, 0.25) is 5.95 Å². The van der Waals surface area contributed by atoms with Gasteiger partial charge in [0, 0.05) is 80.0 Å². The molecule has 7 rings (SSSR count). The van der Waals surface area contributed by atoms with Crippen molar-refractivity contribution in [3.05, 3.63) is 66.1 Å². The Labute approximate surface area is 272 Å². The summed E-state index contributed by atoms with van der Waals surface area (Å²) in [7, 11) is 0. The number of anilines is 3. The number of aliphatic imine (C=N–C) groups is 1. The first kappa shape index (κ1) is 30.7. The molecule has 12 nitrogen and oxygen atoms in total. The molecule has 0 spiro atoms.